The van der Waals surface area contributed by atoms with Crippen molar-refractivity contribution in [3.63, 3.8) is 0 Å². The van der Waals surface area contributed by atoms with Crippen LogP contribution in [0, 0.1) is 5.92 Å². The molecule has 0 bridgehead atoms. The second-order valence-corrected chi connectivity index (χ2v) is 6.51. The van der Waals surface area contributed by atoms with Crippen molar-refractivity contribution in [3.8, 4) is 11.5 Å². The fourth-order valence-electron chi connectivity index (χ4n) is 2.82. The summed E-state index contributed by atoms with van der Waals surface area (Å²) in [5.41, 5.74) is 2.20. The van der Waals surface area contributed by atoms with Crippen molar-refractivity contribution in [1.29, 1.82) is 0 Å². The molecule has 0 aromatic heterocycles. The fourth-order valence-corrected chi connectivity index (χ4v) is 2.82. The summed E-state index contributed by atoms with van der Waals surface area (Å²) in [6.07, 6.45) is 1.94. The van der Waals surface area contributed by atoms with Crippen LogP contribution in [0.1, 0.15) is 28.8 Å². The van der Waals surface area contributed by atoms with Crippen molar-refractivity contribution >= 4 is 17.5 Å². The zero-order valence-corrected chi connectivity index (χ0v) is 14.3. The van der Waals surface area contributed by atoms with E-state index in [4.69, 9.17) is 9.47 Å². The Morgan fingerprint density at radius 1 is 1.00 bits per heavy atom. The van der Waals surface area contributed by atoms with E-state index in [1.54, 1.807) is 18.2 Å². The predicted octanol–water partition coefficient (Wildman–Crippen LogP) is 2.74. The number of carbonyl (C=O) groups excluding carboxylic acids is 2. The van der Waals surface area contributed by atoms with E-state index in [0.29, 0.717) is 36.8 Å². The number of hydrogen-bond donors (Lipinski definition) is 2. The third kappa shape index (κ3) is 3.79. The van der Waals surface area contributed by atoms with E-state index in [2.05, 4.69) is 10.6 Å². The summed E-state index contributed by atoms with van der Waals surface area (Å²) < 4.78 is 11.0. The molecule has 1 fully saturated rings. The molecule has 0 saturated heterocycles. The second-order valence-electron chi connectivity index (χ2n) is 6.51. The van der Waals surface area contributed by atoms with Gasteiger partial charge in [0.25, 0.3) is 5.91 Å². The van der Waals surface area contributed by atoms with Crippen molar-refractivity contribution in [2.75, 3.05) is 18.5 Å². The Balaban J connectivity index is 1.37. The van der Waals surface area contributed by atoms with Crippen molar-refractivity contribution in [2.24, 2.45) is 5.92 Å². The minimum absolute atomic E-state index is 0.0717. The van der Waals surface area contributed by atoms with Gasteiger partial charge in [0.05, 0.1) is 0 Å². The quantitative estimate of drug-likeness (QED) is 0.867. The first-order valence-electron chi connectivity index (χ1n) is 8.77. The molecule has 0 unspecified atom stereocenters. The van der Waals surface area contributed by atoms with E-state index >= 15 is 0 Å². The van der Waals surface area contributed by atoms with E-state index in [1.807, 2.05) is 24.3 Å². The maximum atomic E-state index is 12.4. The maximum absolute atomic E-state index is 12.4. The number of anilines is 1. The summed E-state index contributed by atoms with van der Waals surface area (Å²) >= 11 is 0. The van der Waals surface area contributed by atoms with E-state index < -0.39 is 0 Å². The Morgan fingerprint density at radius 3 is 2.62 bits per heavy atom. The molecule has 2 amide bonds. The molecule has 0 atom stereocenters. The zero-order valence-electron chi connectivity index (χ0n) is 14.3. The number of carbonyl (C=O) groups is 2. The smallest absolute Gasteiger partial charge is 0.251 e. The summed E-state index contributed by atoms with van der Waals surface area (Å²) in [7, 11) is 0. The molecule has 0 radical (unpaired) electrons. The van der Waals surface area contributed by atoms with Crippen LogP contribution >= 0.6 is 0 Å². The van der Waals surface area contributed by atoms with Crippen LogP contribution in [-0.4, -0.2) is 25.0 Å². The number of ether oxygens (including phenoxy) is 2. The standard InChI is InChI=1S/C20H20N2O4/c23-19(15-6-7-17-18(11-15)26-9-8-25-17)21-12-13-2-1-3-16(10-13)22-20(24)14-4-5-14/h1-3,6-7,10-11,14H,4-5,8-9,12H2,(H,21,23)(H,22,24). The minimum atomic E-state index is -0.186. The largest absolute Gasteiger partial charge is 0.486 e. The Hall–Kier alpha value is -3.02. The van der Waals surface area contributed by atoms with Crippen LogP contribution < -0.4 is 20.1 Å². The van der Waals surface area contributed by atoms with Crippen LogP contribution in [0.3, 0.4) is 0 Å². The molecule has 2 N–H and O–H groups in total. The van der Waals surface area contributed by atoms with Gasteiger partial charge in [-0.1, -0.05) is 12.1 Å². The lowest BCUT2D eigenvalue weighted by molar-refractivity contribution is -0.117. The van der Waals surface area contributed by atoms with Crippen LogP contribution in [0.5, 0.6) is 11.5 Å². The van der Waals surface area contributed by atoms with Crippen molar-refractivity contribution in [2.45, 2.75) is 19.4 Å². The molecule has 1 saturated carbocycles. The lowest BCUT2D eigenvalue weighted by Gasteiger charge is -2.18. The average molecular weight is 352 g/mol. The van der Waals surface area contributed by atoms with E-state index in [1.165, 1.54) is 0 Å². The van der Waals surface area contributed by atoms with Gasteiger partial charge in [-0.25, -0.2) is 0 Å². The lowest BCUT2D eigenvalue weighted by atomic mass is 10.1. The van der Waals surface area contributed by atoms with Crippen LogP contribution in [0.4, 0.5) is 5.69 Å². The van der Waals surface area contributed by atoms with Gasteiger partial charge >= 0.3 is 0 Å². The number of hydrogen-bond acceptors (Lipinski definition) is 4. The zero-order chi connectivity index (χ0) is 17.9. The Kier molecular flexibility index (Phi) is 4.48. The second kappa shape index (κ2) is 7.07. The number of fused-ring (bicyclic) bond motifs is 1. The molecule has 1 aliphatic heterocycles. The van der Waals surface area contributed by atoms with Gasteiger partial charge in [0.2, 0.25) is 5.91 Å². The van der Waals surface area contributed by atoms with Crippen LogP contribution in [0.15, 0.2) is 42.5 Å². The molecule has 2 aliphatic rings. The highest BCUT2D eigenvalue weighted by Gasteiger charge is 2.29. The topological polar surface area (TPSA) is 76.7 Å². The first-order chi connectivity index (χ1) is 12.7. The summed E-state index contributed by atoms with van der Waals surface area (Å²) in [6.45, 7) is 1.38. The van der Waals surface area contributed by atoms with Gasteiger partial charge in [-0.3, -0.25) is 9.59 Å². The number of rotatable bonds is 5. The van der Waals surface area contributed by atoms with Gasteiger partial charge in [0.15, 0.2) is 11.5 Å². The third-order valence-corrected chi connectivity index (χ3v) is 4.40. The molecule has 26 heavy (non-hydrogen) atoms. The van der Waals surface area contributed by atoms with Crippen LogP contribution in [0.25, 0.3) is 0 Å². The number of benzene rings is 2. The summed E-state index contributed by atoms with van der Waals surface area (Å²) in [5.74, 6) is 1.30. The normalized spacial score (nSPS) is 15.2. The van der Waals surface area contributed by atoms with Crippen molar-refractivity contribution < 1.29 is 19.1 Å². The highest BCUT2D eigenvalue weighted by molar-refractivity contribution is 5.95. The highest BCUT2D eigenvalue weighted by Crippen LogP contribution is 2.31. The summed E-state index contributed by atoms with van der Waals surface area (Å²) in [4.78, 5) is 24.2. The first-order valence-corrected chi connectivity index (χ1v) is 8.77. The first kappa shape index (κ1) is 16.4. The number of nitrogens with one attached hydrogen (secondary N) is 2. The van der Waals surface area contributed by atoms with Gasteiger partial charge in [-0.05, 0) is 48.7 Å². The van der Waals surface area contributed by atoms with Gasteiger partial charge in [0, 0.05) is 23.7 Å². The van der Waals surface area contributed by atoms with Crippen molar-refractivity contribution in [1.82, 2.24) is 5.32 Å². The molecule has 0 spiro atoms. The van der Waals surface area contributed by atoms with Crippen LogP contribution in [-0.2, 0) is 11.3 Å². The monoisotopic (exact) mass is 352 g/mol. The lowest BCUT2D eigenvalue weighted by Crippen LogP contribution is -2.23. The molecule has 2 aromatic carbocycles. The maximum Gasteiger partial charge on any atom is 0.251 e. The van der Waals surface area contributed by atoms with E-state index in [-0.39, 0.29) is 17.7 Å². The van der Waals surface area contributed by atoms with Crippen molar-refractivity contribution in [3.05, 3.63) is 53.6 Å². The van der Waals surface area contributed by atoms with Gasteiger partial charge in [-0.2, -0.15) is 0 Å². The van der Waals surface area contributed by atoms with Gasteiger partial charge < -0.3 is 20.1 Å². The Labute approximate surface area is 151 Å². The van der Waals surface area contributed by atoms with E-state index in [0.717, 1.165) is 24.1 Å². The van der Waals surface area contributed by atoms with Crippen LogP contribution in [0.2, 0.25) is 0 Å². The highest BCUT2D eigenvalue weighted by atomic mass is 16.6. The SMILES string of the molecule is O=C(NCc1cccc(NC(=O)C2CC2)c1)c1ccc2c(c1)OCCO2. The fraction of sp³-hybridized carbons (Fsp3) is 0.300. The molecular weight excluding hydrogens is 332 g/mol. The molecule has 2 aromatic rings. The molecular formula is C20H20N2O4. The average Bonchev–Trinajstić information content (AvgIpc) is 3.51. The Bertz CT molecular complexity index is 845. The van der Waals surface area contributed by atoms with Gasteiger partial charge in [-0.15, -0.1) is 0 Å². The molecule has 1 heterocycles. The summed E-state index contributed by atoms with van der Waals surface area (Å²) in [6, 6.07) is 12.7. The molecule has 6 heteroatoms. The third-order valence-electron chi connectivity index (χ3n) is 4.40. The summed E-state index contributed by atoms with van der Waals surface area (Å²) in [5, 5.41) is 5.81. The molecule has 4 rings (SSSR count). The van der Waals surface area contributed by atoms with E-state index in [9.17, 15) is 9.59 Å². The Morgan fingerprint density at radius 2 is 1.81 bits per heavy atom. The predicted molar refractivity (Wildman–Crippen MR) is 96.4 cm³/mol. The van der Waals surface area contributed by atoms with Gasteiger partial charge in [0.1, 0.15) is 13.2 Å². The molecule has 1 aliphatic carbocycles. The number of amides is 2. The molecule has 134 valence electrons. The minimum Gasteiger partial charge on any atom is -0.486 e. The molecule has 6 nitrogen and oxygen atoms in total.